The molecular formula is C17H29NO. The van der Waals surface area contributed by atoms with Gasteiger partial charge in [-0.2, -0.15) is 0 Å². The lowest BCUT2D eigenvalue weighted by Crippen LogP contribution is -2.24. The Bertz CT molecular complexity index is 423. The van der Waals surface area contributed by atoms with Crippen molar-refractivity contribution in [3.05, 3.63) is 23.0 Å². The van der Waals surface area contributed by atoms with E-state index in [0.29, 0.717) is 17.8 Å². The lowest BCUT2D eigenvalue weighted by atomic mass is 9.85. The number of fused-ring (bicyclic) bond motifs is 1. The summed E-state index contributed by atoms with van der Waals surface area (Å²) >= 11 is 0. The molecule has 0 bridgehead atoms. The average molecular weight is 263 g/mol. The van der Waals surface area contributed by atoms with Crippen LogP contribution >= 0.6 is 0 Å². The lowest BCUT2D eigenvalue weighted by Gasteiger charge is -2.28. The third-order valence-electron chi connectivity index (χ3n) is 4.81. The summed E-state index contributed by atoms with van der Waals surface area (Å²) in [6.45, 7) is 12.6. The molecule has 0 aliphatic heterocycles. The zero-order valence-corrected chi connectivity index (χ0v) is 13.1. The second-order valence-corrected chi connectivity index (χ2v) is 6.86. The molecule has 108 valence electrons. The van der Waals surface area contributed by atoms with Crippen molar-refractivity contribution < 1.29 is 5.11 Å². The Morgan fingerprint density at radius 3 is 2.47 bits per heavy atom. The molecule has 2 heteroatoms. The van der Waals surface area contributed by atoms with E-state index in [1.54, 1.807) is 0 Å². The summed E-state index contributed by atoms with van der Waals surface area (Å²) in [5.41, 5.74) is 3.90. The standard InChI is InChI=1S/C17H29NO/c1-11(2)15(12(3)4)10-18-13(5)9-14-16(18)7-6-8-17(14)19/h9,11-12,15,17,19H,6-8,10H2,1-5H3. The Kier molecular flexibility index (Phi) is 4.39. The Morgan fingerprint density at radius 2 is 1.89 bits per heavy atom. The van der Waals surface area contributed by atoms with Crippen LogP contribution in [0.15, 0.2) is 6.07 Å². The summed E-state index contributed by atoms with van der Waals surface area (Å²) in [5.74, 6) is 2.10. The molecule has 19 heavy (non-hydrogen) atoms. The predicted molar refractivity (Wildman–Crippen MR) is 80.2 cm³/mol. The molecule has 0 spiro atoms. The second kappa shape index (κ2) is 5.70. The fourth-order valence-corrected chi connectivity index (χ4v) is 3.60. The molecule has 1 aromatic rings. The third-order valence-corrected chi connectivity index (χ3v) is 4.81. The van der Waals surface area contributed by atoms with Gasteiger partial charge in [-0.3, -0.25) is 0 Å². The first-order chi connectivity index (χ1) is 8.91. The molecule has 1 aromatic heterocycles. The van der Waals surface area contributed by atoms with Crippen molar-refractivity contribution in [3.63, 3.8) is 0 Å². The summed E-state index contributed by atoms with van der Waals surface area (Å²) < 4.78 is 2.47. The van der Waals surface area contributed by atoms with Gasteiger partial charge in [-0.25, -0.2) is 0 Å². The number of aromatic nitrogens is 1. The van der Waals surface area contributed by atoms with Crippen molar-refractivity contribution in [1.82, 2.24) is 4.57 Å². The van der Waals surface area contributed by atoms with Crippen LogP contribution in [0.2, 0.25) is 0 Å². The summed E-state index contributed by atoms with van der Waals surface area (Å²) in [4.78, 5) is 0. The molecule has 1 aliphatic carbocycles. The van der Waals surface area contributed by atoms with Crippen molar-refractivity contribution in [2.75, 3.05) is 0 Å². The second-order valence-electron chi connectivity index (χ2n) is 6.86. The average Bonchev–Trinajstić information content (AvgIpc) is 2.63. The molecule has 0 fully saturated rings. The van der Waals surface area contributed by atoms with Crippen molar-refractivity contribution in [2.24, 2.45) is 17.8 Å². The van der Waals surface area contributed by atoms with Crippen LogP contribution in [0, 0.1) is 24.7 Å². The molecule has 0 saturated heterocycles. The topological polar surface area (TPSA) is 25.2 Å². The highest BCUT2D eigenvalue weighted by Crippen LogP contribution is 2.34. The summed E-state index contributed by atoms with van der Waals surface area (Å²) in [7, 11) is 0. The lowest BCUT2D eigenvalue weighted by molar-refractivity contribution is 0.154. The van der Waals surface area contributed by atoms with E-state index in [-0.39, 0.29) is 6.10 Å². The van der Waals surface area contributed by atoms with Crippen LogP contribution in [-0.2, 0) is 13.0 Å². The van der Waals surface area contributed by atoms with Crippen molar-refractivity contribution >= 4 is 0 Å². The van der Waals surface area contributed by atoms with E-state index in [0.717, 1.165) is 25.8 Å². The predicted octanol–water partition coefficient (Wildman–Crippen LogP) is 4.09. The van der Waals surface area contributed by atoms with Gasteiger partial charge < -0.3 is 9.67 Å². The van der Waals surface area contributed by atoms with Crippen LogP contribution in [0.1, 0.15) is 63.6 Å². The van der Waals surface area contributed by atoms with Crippen LogP contribution in [-0.4, -0.2) is 9.67 Å². The van der Waals surface area contributed by atoms with Crippen molar-refractivity contribution in [2.45, 2.75) is 66.5 Å². The number of aliphatic hydroxyl groups excluding tert-OH is 1. The quantitative estimate of drug-likeness (QED) is 0.869. The summed E-state index contributed by atoms with van der Waals surface area (Å²) in [5, 5.41) is 10.1. The van der Waals surface area contributed by atoms with Crippen LogP contribution < -0.4 is 0 Å². The number of nitrogens with zero attached hydrogens (tertiary/aromatic N) is 1. The van der Waals surface area contributed by atoms with Crippen molar-refractivity contribution in [3.8, 4) is 0 Å². The summed E-state index contributed by atoms with van der Waals surface area (Å²) in [6, 6.07) is 2.21. The molecule has 1 unspecified atom stereocenters. The van der Waals surface area contributed by atoms with E-state index in [2.05, 4.69) is 45.3 Å². The number of aliphatic hydroxyl groups is 1. The maximum absolute atomic E-state index is 10.1. The minimum atomic E-state index is -0.236. The monoisotopic (exact) mass is 263 g/mol. The number of hydrogen-bond donors (Lipinski definition) is 1. The Morgan fingerprint density at radius 1 is 1.26 bits per heavy atom. The fraction of sp³-hybridized carbons (Fsp3) is 0.765. The Hall–Kier alpha value is -0.760. The third kappa shape index (κ3) is 2.89. The highest BCUT2D eigenvalue weighted by molar-refractivity contribution is 5.31. The van der Waals surface area contributed by atoms with E-state index >= 15 is 0 Å². The molecule has 0 amide bonds. The molecule has 1 heterocycles. The molecule has 1 N–H and O–H groups in total. The van der Waals surface area contributed by atoms with Gasteiger partial charge in [0.1, 0.15) is 0 Å². The normalized spacial score (nSPS) is 19.5. The van der Waals surface area contributed by atoms with Gasteiger partial charge in [0.2, 0.25) is 0 Å². The number of aryl methyl sites for hydroxylation is 1. The molecule has 0 radical (unpaired) electrons. The van der Waals surface area contributed by atoms with Crippen LogP contribution in [0.3, 0.4) is 0 Å². The van der Waals surface area contributed by atoms with Gasteiger partial charge in [0, 0.05) is 23.5 Å². The van der Waals surface area contributed by atoms with Gasteiger partial charge in [0.05, 0.1) is 6.10 Å². The van der Waals surface area contributed by atoms with E-state index in [4.69, 9.17) is 0 Å². The molecule has 0 saturated carbocycles. The Labute approximate surface area is 117 Å². The van der Waals surface area contributed by atoms with Gasteiger partial charge in [-0.1, -0.05) is 27.7 Å². The van der Waals surface area contributed by atoms with E-state index in [1.165, 1.54) is 17.0 Å². The minimum Gasteiger partial charge on any atom is -0.388 e. The van der Waals surface area contributed by atoms with Gasteiger partial charge in [0.25, 0.3) is 0 Å². The highest BCUT2D eigenvalue weighted by Gasteiger charge is 2.25. The van der Waals surface area contributed by atoms with Crippen LogP contribution in [0.5, 0.6) is 0 Å². The zero-order valence-electron chi connectivity index (χ0n) is 13.1. The first-order valence-electron chi connectivity index (χ1n) is 7.78. The van der Waals surface area contributed by atoms with E-state index in [9.17, 15) is 5.11 Å². The molecule has 2 nitrogen and oxygen atoms in total. The molecule has 2 rings (SSSR count). The van der Waals surface area contributed by atoms with E-state index < -0.39 is 0 Å². The minimum absolute atomic E-state index is 0.236. The molecular weight excluding hydrogens is 234 g/mol. The number of rotatable bonds is 4. The smallest absolute Gasteiger partial charge is 0.0807 e. The van der Waals surface area contributed by atoms with Crippen LogP contribution in [0.25, 0.3) is 0 Å². The fourth-order valence-electron chi connectivity index (χ4n) is 3.60. The van der Waals surface area contributed by atoms with E-state index in [1.807, 2.05) is 0 Å². The van der Waals surface area contributed by atoms with Gasteiger partial charge >= 0.3 is 0 Å². The van der Waals surface area contributed by atoms with Gasteiger partial charge in [0.15, 0.2) is 0 Å². The van der Waals surface area contributed by atoms with Gasteiger partial charge in [-0.05, 0) is 50.0 Å². The highest BCUT2D eigenvalue weighted by atomic mass is 16.3. The van der Waals surface area contributed by atoms with Crippen molar-refractivity contribution in [1.29, 1.82) is 0 Å². The SMILES string of the molecule is Cc1cc2c(n1CC(C(C)C)C(C)C)CCCC2O. The zero-order chi connectivity index (χ0) is 14.2. The first-order valence-corrected chi connectivity index (χ1v) is 7.78. The summed E-state index contributed by atoms with van der Waals surface area (Å²) in [6.07, 6.45) is 2.93. The maximum Gasteiger partial charge on any atom is 0.0807 e. The largest absolute Gasteiger partial charge is 0.388 e. The van der Waals surface area contributed by atoms with Gasteiger partial charge in [-0.15, -0.1) is 0 Å². The number of hydrogen-bond acceptors (Lipinski definition) is 1. The Balaban J connectivity index is 2.30. The molecule has 1 aliphatic rings. The molecule has 1 atom stereocenters. The maximum atomic E-state index is 10.1. The van der Waals surface area contributed by atoms with Crippen LogP contribution in [0.4, 0.5) is 0 Å². The first kappa shape index (κ1) is 14.6. The molecule has 0 aromatic carbocycles.